The summed E-state index contributed by atoms with van der Waals surface area (Å²) in [7, 11) is 0. The third-order valence-corrected chi connectivity index (χ3v) is 5.37. The third-order valence-electron chi connectivity index (χ3n) is 5.37. The number of ketones is 1. The number of ether oxygens (including phenoxy) is 2. The molecule has 174 valence electrons. The molecule has 2 aromatic carbocycles. The van der Waals surface area contributed by atoms with E-state index >= 15 is 0 Å². The summed E-state index contributed by atoms with van der Waals surface area (Å²) in [5, 5.41) is 11.1. The summed E-state index contributed by atoms with van der Waals surface area (Å²) in [6.45, 7) is 6.24. The highest BCUT2D eigenvalue weighted by atomic mass is 16.5. The first-order valence-electron chi connectivity index (χ1n) is 11.1. The number of hydrogen-bond acceptors (Lipinski definition) is 6. The van der Waals surface area contributed by atoms with Gasteiger partial charge in [0.2, 0.25) is 0 Å². The molecule has 1 atom stereocenters. The fraction of sp³-hybridized carbons (Fsp3) is 0.222. The Hall–Kier alpha value is -4.13. The summed E-state index contributed by atoms with van der Waals surface area (Å²) < 4.78 is 11.4. The molecule has 1 fully saturated rings. The average Bonchev–Trinajstić information content (AvgIpc) is 3.10. The number of amides is 1. The fourth-order valence-electron chi connectivity index (χ4n) is 3.98. The van der Waals surface area contributed by atoms with Crippen LogP contribution in [-0.4, -0.2) is 34.5 Å². The summed E-state index contributed by atoms with van der Waals surface area (Å²) in [5.74, 6) is -0.477. The SMILES string of the molecule is CCOc1ccc(N2C(=O)C(=O)/C(=C(\O)c3ccncc3)C2c2cccc(OC(C)C)c2)cc1. The summed E-state index contributed by atoms with van der Waals surface area (Å²) in [5.41, 5.74) is 1.56. The summed E-state index contributed by atoms with van der Waals surface area (Å²) in [4.78, 5) is 31.9. The lowest BCUT2D eigenvalue weighted by atomic mass is 9.95. The molecule has 0 saturated carbocycles. The number of rotatable bonds is 7. The molecule has 3 aromatic rings. The van der Waals surface area contributed by atoms with E-state index in [-0.39, 0.29) is 17.4 Å². The Bertz CT molecular complexity index is 1220. The van der Waals surface area contributed by atoms with E-state index in [2.05, 4.69) is 4.98 Å². The molecule has 0 bridgehead atoms. The number of hydrogen-bond donors (Lipinski definition) is 1. The molecule has 7 nitrogen and oxygen atoms in total. The minimum Gasteiger partial charge on any atom is -0.507 e. The molecule has 1 aliphatic rings. The van der Waals surface area contributed by atoms with Gasteiger partial charge < -0.3 is 14.6 Å². The van der Waals surface area contributed by atoms with Crippen LogP contribution in [0.25, 0.3) is 5.76 Å². The van der Waals surface area contributed by atoms with Crippen molar-refractivity contribution < 1.29 is 24.2 Å². The fourth-order valence-corrected chi connectivity index (χ4v) is 3.98. The number of nitrogens with zero attached hydrogens (tertiary/aromatic N) is 2. The number of carbonyl (C=O) groups excluding carboxylic acids is 2. The standard InChI is InChI=1S/C27H26N2O5/c1-4-33-21-10-8-20(9-11-21)29-24(19-6-5-7-22(16-19)34-17(2)3)23(26(31)27(29)32)25(30)18-12-14-28-15-13-18/h5-17,24,30H,4H2,1-3H3/b25-23-. The first-order chi connectivity index (χ1) is 16.4. The summed E-state index contributed by atoms with van der Waals surface area (Å²) >= 11 is 0. The van der Waals surface area contributed by atoms with Gasteiger partial charge in [0.05, 0.1) is 24.3 Å². The van der Waals surface area contributed by atoms with Gasteiger partial charge in [0.15, 0.2) is 0 Å². The second-order valence-electron chi connectivity index (χ2n) is 8.07. The predicted octanol–water partition coefficient (Wildman–Crippen LogP) is 4.89. The van der Waals surface area contributed by atoms with Gasteiger partial charge in [-0.2, -0.15) is 0 Å². The zero-order valence-electron chi connectivity index (χ0n) is 19.3. The number of aliphatic hydroxyl groups excluding tert-OH is 1. The molecule has 1 amide bonds. The van der Waals surface area contributed by atoms with Gasteiger partial charge in [-0.05, 0) is 74.9 Å². The normalized spacial score (nSPS) is 17.3. The molecule has 0 radical (unpaired) electrons. The first-order valence-corrected chi connectivity index (χ1v) is 11.1. The zero-order valence-corrected chi connectivity index (χ0v) is 19.3. The van der Waals surface area contributed by atoms with E-state index in [1.54, 1.807) is 48.5 Å². The number of Topliss-reactive ketones (excluding diaryl/α,β-unsaturated/α-hetero) is 1. The van der Waals surface area contributed by atoms with Crippen LogP contribution in [0.2, 0.25) is 0 Å². The van der Waals surface area contributed by atoms with Crippen molar-refractivity contribution in [2.75, 3.05) is 11.5 Å². The van der Waals surface area contributed by atoms with Crippen molar-refractivity contribution in [3.8, 4) is 11.5 Å². The van der Waals surface area contributed by atoms with Crippen molar-refractivity contribution in [3.05, 3.63) is 89.8 Å². The van der Waals surface area contributed by atoms with Crippen LogP contribution in [0.4, 0.5) is 5.69 Å². The highest BCUT2D eigenvalue weighted by Crippen LogP contribution is 2.43. The highest BCUT2D eigenvalue weighted by molar-refractivity contribution is 6.51. The Labute approximate surface area is 198 Å². The first kappa shape index (κ1) is 23.0. The molecule has 0 spiro atoms. The molecule has 1 unspecified atom stereocenters. The van der Waals surface area contributed by atoms with Crippen LogP contribution in [0.5, 0.6) is 11.5 Å². The third kappa shape index (κ3) is 4.50. The Morgan fingerprint density at radius 3 is 2.38 bits per heavy atom. The van der Waals surface area contributed by atoms with E-state index in [4.69, 9.17) is 9.47 Å². The lowest BCUT2D eigenvalue weighted by Crippen LogP contribution is -2.29. The number of pyridine rings is 1. The van der Waals surface area contributed by atoms with E-state index in [1.165, 1.54) is 17.3 Å². The Kier molecular flexibility index (Phi) is 6.63. The maximum absolute atomic E-state index is 13.3. The van der Waals surface area contributed by atoms with Crippen LogP contribution >= 0.6 is 0 Å². The van der Waals surface area contributed by atoms with Gasteiger partial charge in [-0.3, -0.25) is 19.5 Å². The van der Waals surface area contributed by atoms with Crippen molar-refractivity contribution in [2.45, 2.75) is 32.9 Å². The molecule has 0 aliphatic carbocycles. The monoisotopic (exact) mass is 458 g/mol. The van der Waals surface area contributed by atoms with Gasteiger partial charge in [-0.1, -0.05) is 12.1 Å². The summed E-state index contributed by atoms with van der Waals surface area (Å²) in [6.07, 6.45) is 2.98. The maximum Gasteiger partial charge on any atom is 0.300 e. The number of carbonyl (C=O) groups is 2. The summed E-state index contributed by atoms with van der Waals surface area (Å²) in [6, 6.07) is 16.5. The molecular formula is C27H26N2O5. The molecule has 7 heteroatoms. The van der Waals surface area contributed by atoms with E-state index in [0.29, 0.717) is 34.9 Å². The molecule has 4 rings (SSSR count). The second kappa shape index (κ2) is 9.79. The number of aliphatic hydroxyl groups is 1. The second-order valence-corrected chi connectivity index (χ2v) is 8.07. The molecule has 1 N–H and O–H groups in total. The largest absolute Gasteiger partial charge is 0.507 e. The number of benzene rings is 2. The number of aromatic nitrogens is 1. The van der Waals surface area contributed by atoms with E-state index < -0.39 is 17.7 Å². The smallest absolute Gasteiger partial charge is 0.300 e. The predicted molar refractivity (Wildman–Crippen MR) is 129 cm³/mol. The van der Waals surface area contributed by atoms with Gasteiger partial charge >= 0.3 is 0 Å². The van der Waals surface area contributed by atoms with Crippen LogP contribution in [-0.2, 0) is 9.59 Å². The van der Waals surface area contributed by atoms with Crippen molar-refractivity contribution in [1.29, 1.82) is 0 Å². The van der Waals surface area contributed by atoms with Crippen LogP contribution in [0.3, 0.4) is 0 Å². The minimum atomic E-state index is -0.846. The van der Waals surface area contributed by atoms with Gasteiger partial charge in [0.1, 0.15) is 17.3 Å². The lowest BCUT2D eigenvalue weighted by Gasteiger charge is -2.26. The highest BCUT2D eigenvalue weighted by Gasteiger charge is 2.47. The topological polar surface area (TPSA) is 89.0 Å². The Balaban J connectivity index is 1.88. The Morgan fingerprint density at radius 1 is 1.03 bits per heavy atom. The van der Waals surface area contributed by atoms with Gasteiger partial charge in [0.25, 0.3) is 11.7 Å². The molecule has 2 heterocycles. The maximum atomic E-state index is 13.3. The molecule has 1 aliphatic heterocycles. The van der Waals surface area contributed by atoms with E-state index in [9.17, 15) is 14.7 Å². The molecular weight excluding hydrogens is 432 g/mol. The molecule has 34 heavy (non-hydrogen) atoms. The van der Waals surface area contributed by atoms with Crippen LogP contribution in [0.1, 0.15) is 37.9 Å². The minimum absolute atomic E-state index is 0.00628. The Morgan fingerprint density at radius 2 is 1.74 bits per heavy atom. The van der Waals surface area contributed by atoms with E-state index in [1.807, 2.05) is 32.9 Å². The van der Waals surface area contributed by atoms with Crippen molar-refractivity contribution >= 4 is 23.1 Å². The van der Waals surface area contributed by atoms with Crippen molar-refractivity contribution in [1.82, 2.24) is 4.98 Å². The van der Waals surface area contributed by atoms with E-state index in [0.717, 1.165) is 0 Å². The van der Waals surface area contributed by atoms with Crippen LogP contribution in [0.15, 0.2) is 78.6 Å². The quantitative estimate of drug-likeness (QED) is 0.308. The molecule has 1 saturated heterocycles. The molecule has 1 aromatic heterocycles. The lowest BCUT2D eigenvalue weighted by molar-refractivity contribution is -0.132. The van der Waals surface area contributed by atoms with Gasteiger partial charge in [0, 0.05) is 23.6 Å². The van der Waals surface area contributed by atoms with Crippen LogP contribution < -0.4 is 14.4 Å². The van der Waals surface area contributed by atoms with Gasteiger partial charge in [-0.15, -0.1) is 0 Å². The van der Waals surface area contributed by atoms with Gasteiger partial charge in [-0.25, -0.2) is 0 Å². The van der Waals surface area contributed by atoms with Crippen molar-refractivity contribution in [2.24, 2.45) is 0 Å². The van der Waals surface area contributed by atoms with Crippen molar-refractivity contribution in [3.63, 3.8) is 0 Å². The van der Waals surface area contributed by atoms with Crippen LogP contribution in [0, 0.1) is 0 Å². The zero-order chi connectivity index (χ0) is 24.2. The average molecular weight is 459 g/mol. The number of anilines is 1.